The van der Waals surface area contributed by atoms with Crippen LogP contribution in [-0.2, 0) is 4.79 Å². The smallest absolute Gasteiger partial charge is 0.406 e. The number of ether oxygens (including phenoxy) is 1. The number of amides is 1. The summed E-state index contributed by atoms with van der Waals surface area (Å²) in [6.07, 6.45) is -1.62. The van der Waals surface area contributed by atoms with Gasteiger partial charge in [0, 0.05) is 12.1 Å². The molecule has 1 amide bonds. The lowest BCUT2D eigenvalue weighted by atomic mass is 10.1. The van der Waals surface area contributed by atoms with Gasteiger partial charge in [-0.05, 0) is 12.1 Å². The number of benzene rings is 1. The minimum atomic E-state index is -4.45. The summed E-state index contributed by atoms with van der Waals surface area (Å²) in [6, 6.07) is 7.03. The van der Waals surface area contributed by atoms with Crippen molar-refractivity contribution in [1.82, 2.24) is 4.90 Å². The molecule has 1 aromatic rings. The minimum absolute atomic E-state index is 0.0403. The summed E-state index contributed by atoms with van der Waals surface area (Å²) in [6.45, 7) is 1.86. The summed E-state index contributed by atoms with van der Waals surface area (Å²) in [7, 11) is 0. The zero-order valence-electron chi connectivity index (χ0n) is 11.2. The lowest BCUT2D eigenvalue weighted by molar-refractivity contribution is -0.157. The van der Waals surface area contributed by atoms with E-state index in [9.17, 15) is 18.0 Å². The summed E-state index contributed by atoms with van der Waals surface area (Å²) in [5.41, 5.74) is 0.873. The Morgan fingerprint density at radius 2 is 2.10 bits per heavy atom. The SMILES string of the molecule is C=CCN(CC(F)(F)F)C(=O)C1=Cc2ccccc2OC1. The van der Waals surface area contributed by atoms with Gasteiger partial charge in [0.1, 0.15) is 18.9 Å². The Hall–Kier alpha value is -2.24. The van der Waals surface area contributed by atoms with Gasteiger partial charge >= 0.3 is 6.18 Å². The normalized spacial score (nSPS) is 13.8. The first-order valence-corrected chi connectivity index (χ1v) is 6.30. The van der Waals surface area contributed by atoms with Crippen molar-refractivity contribution in [3.8, 4) is 5.75 Å². The number of alkyl halides is 3. The van der Waals surface area contributed by atoms with Crippen LogP contribution in [0.5, 0.6) is 5.75 Å². The topological polar surface area (TPSA) is 29.5 Å². The maximum absolute atomic E-state index is 12.5. The fraction of sp³-hybridized carbons (Fsp3) is 0.267. The second-order valence-electron chi connectivity index (χ2n) is 4.59. The molecule has 3 nitrogen and oxygen atoms in total. The molecule has 0 N–H and O–H groups in total. The van der Waals surface area contributed by atoms with E-state index in [1.54, 1.807) is 30.3 Å². The second kappa shape index (κ2) is 6.03. The van der Waals surface area contributed by atoms with Crippen molar-refractivity contribution in [2.24, 2.45) is 0 Å². The molecular formula is C15H14F3NO2. The Bertz CT molecular complexity index is 579. The average Bonchev–Trinajstić information content (AvgIpc) is 2.44. The molecule has 1 aliphatic rings. The quantitative estimate of drug-likeness (QED) is 0.799. The fourth-order valence-corrected chi connectivity index (χ4v) is 2.03. The molecule has 2 rings (SSSR count). The van der Waals surface area contributed by atoms with Crippen LogP contribution in [0.4, 0.5) is 13.2 Å². The molecular weight excluding hydrogens is 283 g/mol. The van der Waals surface area contributed by atoms with E-state index in [1.807, 2.05) is 0 Å². The van der Waals surface area contributed by atoms with Crippen LogP contribution in [-0.4, -0.2) is 36.7 Å². The third-order valence-electron chi connectivity index (χ3n) is 2.91. The van der Waals surface area contributed by atoms with Crippen LogP contribution in [0, 0.1) is 0 Å². The number of fused-ring (bicyclic) bond motifs is 1. The molecule has 112 valence electrons. The van der Waals surface area contributed by atoms with Crippen LogP contribution < -0.4 is 4.74 Å². The van der Waals surface area contributed by atoms with Gasteiger partial charge in [0.15, 0.2) is 0 Å². The Kier molecular flexibility index (Phi) is 4.35. The summed E-state index contributed by atoms with van der Waals surface area (Å²) >= 11 is 0. The third kappa shape index (κ3) is 3.87. The highest BCUT2D eigenvalue weighted by Crippen LogP contribution is 2.27. The Morgan fingerprint density at radius 1 is 1.38 bits per heavy atom. The van der Waals surface area contributed by atoms with Crippen LogP contribution in [0.1, 0.15) is 5.56 Å². The standard InChI is InChI=1S/C15H14F3NO2/c1-2-7-19(10-15(16,17)18)14(20)12-8-11-5-3-4-6-13(11)21-9-12/h2-6,8H,1,7,9-10H2. The molecule has 0 spiro atoms. The van der Waals surface area contributed by atoms with Crippen molar-refractivity contribution in [3.05, 3.63) is 48.1 Å². The van der Waals surface area contributed by atoms with Gasteiger partial charge in [0.2, 0.25) is 0 Å². The van der Waals surface area contributed by atoms with Crippen LogP contribution in [0.15, 0.2) is 42.5 Å². The van der Waals surface area contributed by atoms with Gasteiger partial charge in [0.25, 0.3) is 5.91 Å². The molecule has 0 unspecified atom stereocenters. The Morgan fingerprint density at radius 3 is 2.76 bits per heavy atom. The molecule has 1 aromatic carbocycles. The summed E-state index contributed by atoms with van der Waals surface area (Å²) in [4.78, 5) is 12.9. The first kappa shape index (κ1) is 15.2. The minimum Gasteiger partial charge on any atom is -0.488 e. The molecule has 0 fully saturated rings. The molecule has 21 heavy (non-hydrogen) atoms. The third-order valence-corrected chi connectivity index (χ3v) is 2.91. The second-order valence-corrected chi connectivity index (χ2v) is 4.59. The van der Waals surface area contributed by atoms with Crippen LogP contribution in [0.25, 0.3) is 6.08 Å². The predicted octanol–water partition coefficient (Wildman–Crippen LogP) is 3.04. The Balaban J connectivity index is 2.22. The summed E-state index contributed by atoms with van der Waals surface area (Å²) in [5.74, 6) is -0.0816. The zero-order valence-corrected chi connectivity index (χ0v) is 11.2. The van der Waals surface area contributed by atoms with Gasteiger partial charge in [-0.15, -0.1) is 6.58 Å². The fourth-order valence-electron chi connectivity index (χ4n) is 2.03. The highest BCUT2D eigenvalue weighted by Gasteiger charge is 2.34. The Labute approximate surface area is 120 Å². The van der Waals surface area contributed by atoms with E-state index in [4.69, 9.17) is 4.74 Å². The maximum atomic E-state index is 12.5. The van der Waals surface area contributed by atoms with Gasteiger partial charge in [-0.2, -0.15) is 13.2 Å². The zero-order chi connectivity index (χ0) is 15.5. The first-order valence-electron chi connectivity index (χ1n) is 6.30. The van der Waals surface area contributed by atoms with Gasteiger partial charge in [-0.25, -0.2) is 0 Å². The van der Waals surface area contributed by atoms with E-state index >= 15 is 0 Å². The molecule has 6 heteroatoms. The van der Waals surface area contributed by atoms with E-state index in [-0.39, 0.29) is 18.7 Å². The lowest BCUT2D eigenvalue weighted by Gasteiger charge is -2.25. The first-order chi connectivity index (χ1) is 9.90. The van der Waals surface area contributed by atoms with Crippen LogP contribution in [0.2, 0.25) is 0 Å². The van der Waals surface area contributed by atoms with E-state index in [0.717, 1.165) is 0 Å². The molecule has 0 aromatic heterocycles. The predicted molar refractivity (Wildman–Crippen MR) is 72.7 cm³/mol. The monoisotopic (exact) mass is 297 g/mol. The molecule has 1 heterocycles. The van der Waals surface area contributed by atoms with E-state index in [0.29, 0.717) is 16.2 Å². The van der Waals surface area contributed by atoms with Crippen molar-refractivity contribution < 1.29 is 22.7 Å². The van der Waals surface area contributed by atoms with E-state index < -0.39 is 18.6 Å². The van der Waals surface area contributed by atoms with E-state index in [2.05, 4.69) is 6.58 Å². The van der Waals surface area contributed by atoms with Crippen LogP contribution in [0.3, 0.4) is 0 Å². The van der Waals surface area contributed by atoms with Gasteiger partial charge in [-0.1, -0.05) is 24.3 Å². The number of hydrogen-bond acceptors (Lipinski definition) is 2. The number of hydrogen-bond donors (Lipinski definition) is 0. The number of carbonyl (C=O) groups is 1. The largest absolute Gasteiger partial charge is 0.488 e. The highest BCUT2D eigenvalue weighted by atomic mass is 19.4. The summed E-state index contributed by atoms with van der Waals surface area (Å²) in [5, 5.41) is 0. The highest BCUT2D eigenvalue weighted by molar-refractivity contribution is 5.99. The molecule has 0 radical (unpaired) electrons. The van der Waals surface area contributed by atoms with Crippen molar-refractivity contribution in [2.75, 3.05) is 19.7 Å². The number of para-hydroxylation sites is 1. The molecule has 1 aliphatic heterocycles. The number of halogens is 3. The molecule has 0 atom stereocenters. The van der Waals surface area contributed by atoms with Crippen molar-refractivity contribution in [3.63, 3.8) is 0 Å². The number of nitrogens with zero attached hydrogens (tertiary/aromatic N) is 1. The lowest BCUT2D eigenvalue weighted by Crippen LogP contribution is -2.40. The molecule has 0 saturated heterocycles. The molecule has 0 saturated carbocycles. The maximum Gasteiger partial charge on any atom is 0.406 e. The van der Waals surface area contributed by atoms with Crippen molar-refractivity contribution in [1.29, 1.82) is 0 Å². The number of carbonyl (C=O) groups excluding carboxylic acids is 1. The van der Waals surface area contributed by atoms with Crippen LogP contribution >= 0.6 is 0 Å². The van der Waals surface area contributed by atoms with Crippen molar-refractivity contribution in [2.45, 2.75) is 6.18 Å². The summed E-state index contributed by atoms with van der Waals surface area (Å²) < 4.78 is 42.9. The van der Waals surface area contributed by atoms with Gasteiger partial charge < -0.3 is 9.64 Å². The van der Waals surface area contributed by atoms with E-state index in [1.165, 1.54) is 6.08 Å². The molecule has 0 aliphatic carbocycles. The molecule has 0 bridgehead atoms. The average molecular weight is 297 g/mol. The van der Waals surface area contributed by atoms with Crippen molar-refractivity contribution >= 4 is 12.0 Å². The number of rotatable bonds is 4. The van der Waals surface area contributed by atoms with Gasteiger partial charge in [0.05, 0.1) is 5.57 Å². The van der Waals surface area contributed by atoms with Gasteiger partial charge in [-0.3, -0.25) is 4.79 Å².